The number of aryl methyl sites for hydroxylation is 1. The number of carbonyl (C=O) groups is 1. The van der Waals surface area contributed by atoms with Crippen LogP contribution in [-0.2, 0) is 0 Å². The fraction of sp³-hybridized carbons (Fsp3) is 0.0714. The molecule has 0 atom stereocenters. The van der Waals surface area contributed by atoms with Crippen LogP contribution in [0.5, 0.6) is 0 Å². The van der Waals surface area contributed by atoms with Crippen molar-refractivity contribution >= 4 is 28.9 Å². The third kappa shape index (κ3) is 2.55. The number of halogens is 1. The fourth-order valence-electron chi connectivity index (χ4n) is 1.89. The Bertz CT molecular complexity index is 812. The average Bonchev–Trinajstić information content (AvgIpc) is 3.09. The molecular formula is C14H10ClN3O2S. The summed E-state index contributed by atoms with van der Waals surface area (Å²) in [5, 5.41) is 16.6. The number of hydrogen-bond donors (Lipinski definition) is 1. The zero-order valence-electron chi connectivity index (χ0n) is 10.9. The van der Waals surface area contributed by atoms with Crippen LogP contribution in [0.15, 0.2) is 36.0 Å². The van der Waals surface area contributed by atoms with Crippen LogP contribution in [0.2, 0.25) is 5.02 Å². The molecule has 1 N–H and O–H groups in total. The first kappa shape index (κ1) is 13.8. The van der Waals surface area contributed by atoms with Crippen LogP contribution < -0.4 is 0 Å². The summed E-state index contributed by atoms with van der Waals surface area (Å²) < 4.78 is 1.51. The highest BCUT2D eigenvalue weighted by Crippen LogP contribution is 2.26. The maximum Gasteiger partial charge on any atom is 0.339 e. The van der Waals surface area contributed by atoms with Gasteiger partial charge in [0.05, 0.1) is 5.69 Å². The van der Waals surface area contributed by atoms with Gasteiger partial charge in [-0.3, -0.25) is 0 Å². The van der Waals surface area contributed by atoms with Crippen molar-refractivity contribution < 1.29 is 9.90 Å². The molecule has 3 aromatic rings. The summed E-state index contributed by atoms with van der Waals surface area (Å²) in [7, 11) is 0. The van der Waals surface area contributed by atoms with Crippen molar-refractivity contribution in [2.45, 2.75) is 6.92 Å². The number of carboxylic acid groups (broad SMARTS) is 1. The Balaban J connectivity index is 2.14. The zero-order chi connectivity index (χ0) is 15.0. The van der Waals surface area contributed by atoms with Gasteiger partial charge in [-0.2, -0.15) is 5.10 Å². The van der Waals surface area contributed by atoms with Crippen molar-refractivity contribution in [1.82, 2.24) is 14.8 Å². The molecule has 1 aromatic carbocycles. The second-order valence-electron chi connectivity index (χ2n) is 4.41. The van der Waals surface area contributed by atoms with E-state index in [1.54, 1.807) is 17.6 Å². The first-order chi connectivity index (χ1) is 10.1. The maximum atomic E-state index is 11.4. The van der Waals surface area contributed by atoms with E-state index in [-0.39, 0.29) is 5.56 Å². The molecule has 2 aromatic heterocycles. The molecule has 3 rings (SSSR count). The Kier molecular flexibility index (Phi) is 3.48. The van der Waals surface area contributed by atoms with E-state index in [0.29, 0.717) is 21.4 Å². The summed E-state index contributed by atoms with van der Waals surface area (Å²) in [5.74, 6) is -1.04. The first-order valence-electron chi connectivity index (χ1n) is 6.05. The van der Waals surface area contributed by atoms with Gasteiger partial charge in [-0.1, -0.05) is 17.7 Å². The van der Waals surface area contributed by atoms with E-state index < -0.39 is 5.97 Å². The fourth-order valence-corrected chi connectivity index (χ4v) is 2.69. The maximum absolute atomic E-state index is 11.4. The largest absolute Gasteiger partial charge is 0.478 e. The lowest BCUT2D eigenvalue weighted by molar-refractivity contribution is 0.0697. The molecule has 0 aliphatic rings. The quantitative estimate of drug-likeness (QED) is 0.800. The minimum atomic E-state index is -1.04. The van der Waals surface area contributed by atoms with Gasteiger partial charge >= 0.3 is 5.97 Å². The van der Waals surface area contributed by atoms with Gasteiger partial charge < -0.3 is 5.11 Å². The van der Waals surface area contributed by atoms with Crippen LogP contribution in [0.3, 0.4) is 0 Å². The summed E-state index contributed by atoms with van der Waals surface area (Å²) in [6, 6.07) is 5.45. The molecule has 5 nitrogen and oxygen atoms in total. The molecule has 0 aliphatic carbocycles. The predicted octanol–water partition coefficient (Wildman–Crippen LogP) is 3.66. The minimum absolute atomic E-state index is 0.113. The van der Waals surface area contributed by atoms with Gasteiger partial charge in [0.15, 0.2) is 0 Å². The van der Waals surface area contributed by atoms with E-state index in [0.717, 1.165) is 5.56 Å². The van der Waals surface area contributed by atoms with Crippen molar-refractivity contribution in [1.29, 1.82) is 0 Å². The molecule has 21 heavy (non-hydrogen) atoms. The molecule has 0 radical (unpaired) electrons. The molecule has 0 bridgehead atoms. The molecule has 2 heterocycles. The first-order valence-corrected chi connectivity index (χ1v) is 7.31. The SMILES string of the molecule is Cc1ccc(-n2cc(C(=O)O)c(-c3nccs3)n2)cc1Cl. The van der Waals surface area contributed by atoms with E-state index >= 15 is 0 Å². The predicted molar refractivity (Wildman–Crippen MR) is 81.4 cm³/mol. The van der Waals surface area contributed by atoms with Crippen LogP contribution in [0, 0.1) is 6.92 Å². The summed E-state index contributed by atoms with van der Waals surface area (Å²) in [4.78, 5) is 15.5. The average molecular weight is 320 g/mol. The molecule has 0 aliphatic heterocycles. The summed E-state index contributed by atoms with van der Waals surface area (Å²) in [6.45, 7) is 1.90. The lowest BCUT2D eigenvalue weighted by Gasteiger charge is -2.03. The van der Waals surface area contributed by atoms with Crippen molar-refractivity contribution in [3.05, 3.63) is 52.1 Å². The van der Waals surface area contributed by atoms with Crippen molar-refractivity contribution in [3.8, 4) is 16.4 Å². The molecule has 0 spiro atoms. The summed E-state index contributed by atoms with van der Waals surface area (Å²) >= 11 is 7.45. The molecule has 106 valence electrons. The van der Waals surface area contributed by atoms with E-state index in [1.807, 2.05) is 19.1 Å². The Morgan fingerprint density at radius 1 is 1.43 bits per heavy atom. The number of aromatic nitrogens is 3. The summed E-state index contributed by atoms with van der Waals surface area (Å²) in [5.41, 5.74) is 2.12. The molecule has 0 unspecified atom stereocenters. The molecule has 0 fully saturated rings. The van der Waals surface area contributed by atoms with Crippen molar-refractivity contribution in [2.75, 3.05) is 0 Å². The molecule has 0 saturated carbocycles. The Hall–Kier alpha value is -2.18. The number of aromatic carboxylic acids is 1. The standard InChI is InChI=1S/C14H10ClN3O2S/c1-8-2-3-9(6-11(8)15)18-7-10(14(19)20)12(17-18)13-16-4-5-21-13/h2-7H,1H3,(H,19,20). The van der Waals surface area contributed by atoms with E-state index in [9.17, 15) is 9.90 Å². The van der Waals surface area contributed by atoms with Crippen LogP contribution in [0.25, 0.3) is 16.4 Å². The number of benzene rings is 1. The lowest BCUT2D eigenvalue weighted by atomic mass is 10.2. The van der Waals surface area contributed by atoms with Gasteiger partial charge in [-0.15, -0.1) is 11.3 Å². The van der Waals surface area contributed by atoms with Gasteiger partial charge in [0.1, 0.15) is 16.3 Å². The van der Waals surface area contributed by atoms with Gasteiger partial charge in [0.2, 0.25) is 0 Å². The third-order valence-electron chi connectivity index (χ3n) is 3.00. The van der Waals surface area contributed by atoms with Gasteiger partial charge in [-0.25, -0.2) is 14.5 Å². The highest BCUT2D eigenvalue weighted by atomic mass is 35.5. The Morgan fingerprint density at radius 2 is 2.24 bits per heavy atom. The highest BCUT2D eigenvalue weighted by molar-refractivity contribution is 7.13. The summed E-state index contributed by atoms with van der Waals surface area (Å²) in [6.07, 6.45) is 3.09. The highest BCUT2D eigenvalue weighted by Gasteiger charge is 2.19. The van der Waals surface area contributed by atoms with Crippen molar-refractivity contribution in [3.63, 3.8) is 0 Å². The minimum Gasteiger partial charge on any atom is -0.478 e. The van der Waals surface area contributed by atoms with E-state index in [2.05, 4.69) is 10.1 Å². The monoisotopic (exact) mass is 319 g/mol. The van der Waals surface area contributed by atoms with Gasteiger partial charge in [0.25, 0.3) is 0 Å². The number of rotatable bonds is 3. The third-order valence-corrected chi connectivity index (χ3v) is 4.19. The Labute approximate surface area is 129 Å². The van der Waals surface area contributed by atoms with Gasteiger partial charge in [-0.05, 0) is 24.6 Å². The Morgan fingerprint density at radius 3 is 2.86 bits per heavy atom. The molecule has 0 amide bonds. The second kappa shape index (κ2) is 5.31. The van der Waals surface area contributed by atoms with Crippen LogP contribution >= 0.6 is 22.9 Å². The number of carboxylic acids is 1. The number of thiazole rings is 1. The smallest absolute Gasteiger partial charge is 0.339 e. The topological polar surface area (TPSA) is 68.0 Å². The van der Waals surface area contributed by atoms with E-state index in [4.69, 9.17) is 11.6 Å². The number of hydrogen-bond acceptors (Lipinski definition) is 4. The second-order valence-corrected chi connectivity index (χ2v) is 5.71. The van der Waals surface area contributed by atoms with Gasteiger partial charge in [0, 0.05) is 22.8 Å². The zero-order valence-corrected chi connectivity index (χ0v) is 12.5. The van der Waals surface area contributed by atoms with Crippen LogP contribution in [0.4, 0.5) is 0 Å². The molecular weight excluding hydrogens is 310 g/mol. The molecule has 0 saturated heterocycles. The van der Waals surface area contributed by atoms with Crippen molar-refractivity contribution in [2.24, 2.45) is 0 Å². The lowest BCUT2D eigenvalue weighted by Crippen LogP contribution is -1.96. The number of nitrogens with zero attached hydrogens (tertiary/aromatic N) is 3. The van der Waals surface area contributed by atoms with E-state index in [1.165, 1.54) is 22.2 Å². The normalized spacial score (nSPS) is 10.8. The molecule has 7 heteroatoms. The van der Waals surface area contributed by atoms with Crippen LogP contribution in [-0.4, -0.2) is 25.8 Å². The van der Waals surface area contributed by atoms with Crippen LogP contribution in [0.1, 0.15) is 15.9 Å².